The highest BCUT2D eigenvalue weighted by atomic mass is 16.2. The molecule has 0 spiro atoms. The van der Waals surface area contributed by atoms with E-state index in [2.05, 4.69) is 25.2 Å². The van der Waals surface area contributed by atoms with Gasteiger partial charge in [0.1, 0.15) is 0 Å². The lowest BCUT2D eigenvalue weighted by Crippen LogP contribution is -2.41. The van der Waals surface area contributed by atoms with Gasteiger partial charge in [-0.3, -0.25) is 9.69 Å². The minimum Gasteiger partial charge on any atom is -0.325 e. The number of carbonyl (C=O) groups is 1. The highest BCUT2D eigenvalue weighted by Gasteiger charge is 2.18. The van der Waals surface area contributed by atoms with E-state index in [0.717, 1.165) is 6.54 Å². The molecule has 0 aliphatic carbocycles. The minimum absolute atomic E-state index is 0.0572. The van der Waals surface area contributed by atoms with Crippen molar-refractivity contribution in [1.29, 1.82) is 5.26 Å². The first-order valence-electron chi connectivity index (χ1n) is 6.45. The zero-order valence-corrected chi connectivity index (χ0v) is 12.0. The molecule has 1 unspecified atom stereocenters. The van der Waals surface area contributed by atoms with Crippen LogP contribution in [0.5, 0.6) is 0 Å². The molecule has 1 aromatic carbocycles. The fraction of sp³-hybridized carbons (Fsp3) is 0.467. The molecule has 0 fully saturated rings. The summed E-state index contributed by atoms with van der Waals surface area (Å²) in [7, 11) is 1.94. The summed E-state index contributed by atoms with van der Waals surface area (Å²) >= 11 is 0. The van der Waals surface area contributed by atoms with E-state index in [4.69, 9.17) is 5.26 Å². The molecule has 0 saturated heterocycles. The maximum absolute atomic E-state index is 12.1. The minimum atomic E-state index is -0.201. The molecule has 1 amide bonds. The predicted octanol–water partition coefficient (Wildman–Crippen LogP) is 2.47. The van der Waals surface area contributed by atoms with Gasteiger partial charge in [0.25, 0.3) is 0 Å². The van der Waals surface area contributed by atoms with Gasteiger partial charge < -0.3 is 5.32 Å². The van der Waals surface area contributed by atoms with Gasteiger partial charge in [0.15, 0.2) is 0 Å². The van der Waals surface area contributed by atoms with Crippen LogP contribution < -0.4 is 5.32 Å². The van der Waals surface area contributed by atoms with E-state index < -0.39 is 0 Å². The summed E-state index contributed by atoms with van der Waals surface area (Å²) in [4.78, 5) is 14.1. The lowest BCUT2D eigenvalue weighted by atomic mass is 10.1. The quantitative estimate of drug-likeness (QED) is 0.883. The van der Waals surface area contributed by atoms with Gasteiger partial charge in [-0.25, -0.2) is 0 Å². The SMILES string of the molecule is CC(C)CN(C)C(C)C(=O)Nc1cccc(C#N)c1. The number of hydrogen-bond donors (Lipinski definition) is 1. The first-order valence-corrected chi connectivity index (χ1v) is 6.45. The molecule has 4 nitrogen and oxygen atoms in total. The Kier molecular flexibility index (Phi) is 5.53. The average Bonchev–Trinajstić information content (AvgIpc) is 2.37. The number of likely N-dealkylation sites (N-methyl/N-ethyl adjacent to an activating group) is 1. The Labute approximate surface area is 115 Å². The fourth-order valence-electron chi connectivity index (χ4n) is 1.85. The molecular weight excluding hydrogens is 238 g/mol. The topological polar surface area (TPSA) is 56.1 Å². The number of nitriles is 1. The van der Waals surface area contributed by atoms with Crippen LogP contribution in [-0.4, -0.2) is 30.4 Å². The van der Waals surface area contributed by atoms with Crippen LogP contribution in [0.1, 0.15) is 26.3 Å². The molecule has 102 valence electrons. The fourth-order valence-corrected chi connectivity index (χ4v) is 1.85. The van der Waals surface area contributed by atoms with Crippen LogP contribution in [0.3, 0.4) is 0 Å². The third-order valence-electron chi connectivity index (χ3n) is 2.95. The maximum atomic E-state index is 12.1. The maximum Gasteiger partial charge on any atom is 0.241 e. The van der Waals surface area contributed by atoms with Gasteiger partial charge in [0.2, 0.25) is 5.91 Å². The van der Waals surface area contributed by atoms with Gasteiger partial charge in [-0.05, 0) is 38.1 Å². The monoisotopic (exact) mass is 259 g/mol. The molecule has 0 aliphatic rings. The molecule has 0 aliphatic heterocycles. The van der Waals surface area contributed by atoms with E-state index in [0.29, 0.717) is 17.2 Å². The Bertz CT molecular complexity index is 477. The number of benzene rings is 1. The van der Waals surface area contributed by atoms with E-state index in [-0.39, 0.29) is 11.9 Å². The van der Waals surface area contributed by atoms with E-state index in [9.17, 15) is 4.79 Å². The number of rotatable bonds is 5. The summed E-state index contributed by atoms with van der Waals surface area (Å²) in [6.07, 6.45) is 0. The Morgan fingerprint density at radius 2 is 2.11 bits per heavy atom. The van der Waals surface area contributed by atoms with Crippen LogP contribution in [0, 0.1) is 17.2 Å². The summed E-state index contributed by atoms with van der Waals surface area (Å²) in [6, 6.07) is 8.79. The lowest BCUT2D eigenvalue weighted by molar-refractivity contribution is -0.120. The van der Waals surface area contributed by atoms with Crippen molar-refractivity contribution in [2.24, 2.45) is 5.92 Å². The Hall–Kier alpha value is -1.86. The summed E-state index contributed by atoms with van der Waals surface area (Å²) < 4.78 is 0. The number of nitrogens with one attached hydrogen (secondary N) is 1. The van der Waals surface area contributed by atoms with Crippen LogP contribution in [-0.2, 0) is 4.79 Å². The van der Waals surface area contributed by atoms with Gasteiger partial charge in [0.05, 0.1) is 17.7 Å². The third kappa shape index (κ3) is 4.72. The zero-order valence-electron chi connectivity index (χ0n) is 12.0. The highest BCUT2D eigenvalue weighted by molar-refractivity contribution is 5.94. The molecule has 1 aromatic rings. The molecule has 4 heteroatoms. The normalized spacial score (nSPS) is 12.3. The van der Waals surface area contributed by atoms with E-state index >= 15 is 0 Å². The predicted molar refractivity (Wildman–Crippen MR) is 76.7 cm³/mol. The van der Waals surface area contributed by atoms with E-state index in [1.54, 1.807) is 24.3 Å². The summed E-state index contributed by atoms with van der Waals surface area (Å²) in [5, 5.41) is 11.7. The molecular formula is C15H21N3O. The van der Waals surface area contributed by atoms with Crippen LogP contribution in [0.2, 0.25) is 0 Å². The Balaban J connectivity index is 2.66. The number of carbonyl (C=O) groups excluding carboxylic acids is 1. The molecule has 19 heavy (non-hydrogen) atoms. The summed E-state index contributed by atoms with van der Waals surface area (Å²) in [5.74, 6) is 0.459. The van der Waals surface area contributed by atoms with Gasteiger partial charge >= 0.3 is 0 Å². The summed E-state index contributed by atoms with van der Waals surface area (Å²) in [6.45, 7) is 6.99. The first-order chi connectivity index (χ1) is 8.93. The van der Waals surface area contributed by atoms with Gasteiger partial charge in [0, 0.05) is 12.2 Å². The van der Waals surface area contributed by atoms with Gasteiger partial charge in [-0.2, -0.15) is 5.26 Å². The second kappa shape index (κ2) is 6.91. The van der Waals surface area contributed by atoms with Crippen molar-refractivity contribution in [3.63, 3.8) is 0 Å². The van der Waals surface area contributed by atoms with Crippen LogP contribution in [0.25, 0.3) is 0 Å². The Morgan fingerprint density at radius 3 is 2.68 bits per heavy atom. The zero-order chi connectivity index (χ0) is 14.4. The van der Waals surface area contributed by atoms with Gasteiger partial charge in [-0.1, -0.05) is 19.9 Å². The lowest BCUT2D eigenvalue weighted by Gasteiger charge is -2.25. The Morgan fingerprint density at radius 1 is 1.42 bits per heavy atom. The number of amides is 1. The van der Waals surface area contributed by atoms with Crippen LogP contribution in [0.4, 0.5) is 5.69 Å². The molecule has 0 saturated carbocycles. The molecule has 0 aromatic heterocycles. The molecule has 0 heterocycles. The van der Waals surface area contributed by atoms with E-state index in [1.807, 2.05) is 18.9 Å². The van der Waals surface area contributed by atoms with Crippen molar-refractivity contribution in [2.45, 2.75) is 26.8 Å². The molecule has 1 N–H and O–H groups in total. The smallest absolute Gasteiger partial charge is 0.241 e. The first kappa shape index (κ1) is 15.2. The molecule has 1 atom stereocenters. The van der Waals surface area contributed by atoms with Crippen LogP contribution in [0.15, 0.2) is 24.3 Å². The molecule has 0 radical (unpaired) electrons. The van der Waals surface area contributed by atoms with Crippen molar-refractivity contribution in [2.75, 3.05) is 18.9 Å². The molecule has 0 bridgehead atoms. The number of anilines is 1. The van der Waals surface area contributed by atoms with Crippen LogP contribution >= 0.6 is 0 Å². The number of nitrogens with zero attached hydrogens (tertiary/aromatic N) is 2. The second-order valence-electron chi connectivity index (χ2n) is 5.19. The standard InChI is InChI=1S/C15H21N3O/c1-11(2)10-18(4)12(3)15(19)17-14-7-5-6-13(8-14)9-16/h5-8,11-12H,10H2,1-4H3,(H,17,19). The average molecular weight is 259 g/mol. The largest absolute Gasteiger partial charge is 0.325 e. The summed E-state index contributed by atoms with van der Waals surface area (Å²) in [5.41, 5.74) is 1.20. The van der Waals surface area contributed by atoms with Crippen molar-refractivity contribution in [3.8, 4) is 6.07 Å². The van der Waals surface area contributed by atoms with E-state index in [1.165, 1.54) is 0 Å². The third-order valence-corrected chi connectivity index (χ3v) is 2.95. The second-order valence-corrected chi connectivity index (χ2v) is 5.19. The van der Waals surface area contributed by atoms with Gasteiger partial charge in [-0.15, -0.1) is 0 Å². The van der Waals surface area contributed by atoms with Crippen molar-refractivity contribution in [1.82, 2.24) is 4.90 Å². The van der Waals surface area contributed by atoms with Crippen molar-refractivity contribution in [3.05, 3.63) is 29.8 Å². The molecule has 1 rings (SSSR count). The van der Waals surface area contributed by atoms with Crippen molar-refractivity contribution < 1.29 is 4.79 Å². The number of hydrogen-bond acceptors (Lipinski definition) is 3. The highest BCUT2D eigenvalue weighted by Crippen LogP contribution is 2.11. The van der Waals surface area contributed by atoms with Crippen molar-refractivity contribution >= 4 is 11.6 Å².